The topological polar surface area (TPSA) is 62.3 Å². The standard InChI is InChI=1S/C16H15F2N3O2S2/c17-15(18)25-12-5-2-1-4-11(12)20-13(22)8-10-9-24-16(19-10)21-7-3-6-14(21)23/h1-2,4-5,9,15H,3,6-8H2,(H,20,22). The van der Waals surface area contributed by atoms with Gasteiger partial charge >= 0.3 is 0 Å². The molecule has 0 atom stereocenters. The first-order valence-electron chi connectivity index (χ1n) is 7.61. The van der Waals surface area contributed by atoms with E-state index in [9.17, 15) is 18.4 Å². The first kappa shape index (κ1) is 17.8. The van der Waals surface area contributed by atoms with Gasteiger partial charge in [-0.2, -0.15) is 8.78 Å². The van der Waals surface area contributed by atoms with Gasteiger partial charge in [0.25, 0.3) is 5.76 Å². The number of hydrogen-bond acceptors (Lipinski definition) is 5. The number of aromatic nitrogens is 1. The van der Waals surface area contributed by atoms with Crippen LogP contribution in [0, 0.1) is 0 Å². The number of nitrogens with zero attached hydrogens (tertiary/aromatic N) is 2. The number of hydrogen-bond donors (Lipinski definition) is 1. The van der Waals surface area contributed by atoms with Crippen LogP contribution in [0.1, 0.15) is 18.5 Å². The maximum absolute atomic E-state index is 12.6. The third-order valence-corrected chi connectivity index (χ3v) is 5.26. The smallest absolute Gasteiger partial charge is 0.288 e. The van der Waals surface area contributed by atoms with Gasteiger partial charge in [-0.25, -0.2) is 4.98 Å². The van der Waals surface area contributed by atoms with Crippen molar-refractivity contribution in [3.63, 3.8) is 0 Å². The van der Waals surface area contributed by atoms with Crippen LogP contribution in [0.25, 0.3) is 0 Å². The summed E-state index contributed by atoms with van der Waals surface area (Å²) in [5.41, 5.74) is 0.902. The second kappa shape index (κ2) is 7.92. The lowest BCUT2D eigenvalue weighted by Crippen LogP contribution is -2.23. The second-order valence-electron chi connectivity index (χ2n) is 5.37. The fourth-order valence-corrected chi connectivity index (χ4v) is 3.94. The molecule has 3 rings (SSSR count). The van der Waals surface area contributed by atoms with E-state index in [1.807, 2.05) is 0 Å². The van der Waals surface area contributed by atoms with Crippen LogP contribution in [0.15, 0.2) is 34.5 Å². The van der Waals surface area contributed by atoms with E-state index >= 15 is 0 Å². The van der Waals surface area contributed by atoms with Gasteiger partial charge in [-0.1, -0.05) is 23.9 Å². The lowest BCUT2D eigenvalue weighted by atomic mass is 10.3. The predicted molar refractivity (Wildman–Crippen MR) is 94.3 cm³/mol. The SMILES string of the molecule is O=C(Cc1csc(N2CCCC2=O)n1)Nc1ccccc1SC(F)F. The van der Waals surface area contributed by atoms with Crippen LogP contribution in [0.2, 0.25) is 0 Å². The molecule has 0 unspecified atom stereocenters. The Morgan fingerprint density at radius 2 is 2.20 bits per heavy atom. The largest absolute Gasteiger partial charge is 0.325 e. The molecule has 1 aliphatic heterocycles. The minimum Gasteiger partial charge on any atom is -0.325 e. The normalized spacial score (nSPS) is 14.4. The summed E-state index contributed by atoms with van der Waals surface area (Å²) in [7, 11) is 0. The molecule has 132 valence electrons. The molecule has 0 saturated carbocycles. The van der Waals surface area contributed by atoms with Crippen molar-refractivity contribution in [3.05, 3.63) is 35.3 Å². The summed E-state index contributed by atoms with van der Waals surface area (Å²) in [6.45, 7) is 0.649. The summed E-state index contributed by atoms with van der Waals surface area (Å²) in [4.78, 5) is 30.2. The van der Waals surface area contributed by atoms with E-state index in [0.717, 1.165) is 6.42 Å². The van der Waals surface area contributed by atoms with E-state index in [1.54, 1.807) is 28.5 Å². The molecule has 1 fully saturated rings. The van der Waals surface area contributed by atoms with Crippen molar-refractivity contribution < 1.29 is 18.4 Å². The Morgan fingerprint density at radius 1 is 1.40 bits per heavy atom. The van der Waals surface area contributed by atoms with Gasteiger partial charge in [0, 0.05) is 23.2 Å². The Bertz CT molecular complexity index is 782. The van der Waals surface area contributed by atoms with Gasteiger partial charge in [-0.05, 0) is 18.6 Å². The fraction of sp³-hybridized carbons (Fsp3) is 0.312. The highest BCUT2D eigenvalue weighted by Gasteiger charge is 2.24. The van der Waals surface area contributed by atoms with E-state index in [-0.39, 0.29) is 18.2 Å². The summed E-state index contributed by atoms with van der Waals surface area (Å²) in [5.74, 6) is -2.85. The molecule has 5 nitrogen and oxygen atoms in total. The molecule has 1 aromatic carbocycles. The first-order valence-corrected chi connectivity index (χ1v) is 9.37. The lowest BCUT2D eigenvalue weighted by molar-refractivity contribution is -0.117. The highest BCUT2D eigenvalue weighted by atomic mass is 32.2. The highest BCUT2D eigenvalue weighted by molar-refractivity contribution is 7.99. The second-order valence-corrected chi connectivity index (χ2v) is 7.24. The molecule has 0 bridgehead atoms. The minimum absolute atomic E-state index is 0.0200. The van der Waals surface area contributed by atoms with Crippen molar-refractivity contribution in [1.29, 1.82) is 0 Å². The summed E-state index contributed by atoms with van der Waals surface area (Å²) < 4.78 is 25.2. The lowest BCUT2D eigenvalue weighted by Gasteiger charge is -2.11. The number of para-hydroxylation sites is 1. The number of carbonyl (C=O) groups excluding carboxylic acids is 2. The molecule has 0 aliphatic carbocycles. The Labute approximate surface area is 151 Å². The van der Waals surface area contributed by atoms with Gasteiger partial charge in [0.2, 0.25) is 11.8 Å². The average Bonchev–Trinajstić information content (AvgIpc) is 3.17. The number of nitrogens with one attached hydrogen (secondary N) is 1. The number of amides is 2. The Balaban J connectivity index is 1.64. The molecule has 0 radical (unpaired) electrons. The van der Waals surface area contributed by atoms with Crippen LogP contribution in [0.5, 0.6) is 0 Å². The summed E-state index contributed by atoms with van der Waals surface area (Å²) >= 11 is 1.71. The van der Waals surface area contributed by atoms with Crippen molar-refractivity contribution in [3.8, 4) is 0 Å². The number of thioether (sulfide) groups is 1. The number of anilines is 2. The fourth-order valence-electron chi connectivity index (χ4n) is 2.48. The zero-order valence-electron chi connectivity index (χ0n) is 13.1. The molecule has 25 heavy (non-hydrogen) atoms. The van der Waals surface area contributed by atoms with Crippen molar-refractivity contribution >= 4 is 45.7 Å². The molecule has 2 amide bonds. The summed E-state index contributed by atoms with van der Waals surface area (Å²) in [6.07, 6.45) is 1.35. The number of carbonyl (C=O) groups is 2. The number of rotatable bonds is 6. The highest BCUT2D eigenvalue weighted by Crippen LogP contribution is 2.32. The number of alkyl halides is 2. The molecule has 1 N–H and O–H groups in total. The Kier molecular flexibility index (Phi) is 5.64. The van der Waals surface area contributed by atoms with E-state index < -0.39 is 5.76 Å². The van der Waals surface area contributed by atoms with Gasteiger partial charge < -0.3 is 5.32 Å². The maximum Gasteiger partial charge on any atom is 0.288 e. The monoisotopic (exact) mass is 383 g/mol. The predicted octanol–water partition coefficient (Wildman–Crippen LogP) is 3.77. The molecular formula is C16H15F2N3O2S2. The van der Waals surface area contributed by atoms with Crippen molar-refractivity contribution in [2.45, 2.75) is 29.9 Å². The van der Waals surface area contributed by atoms with E-state index in [4.69, 9.17) is 0 Å². The van der Waals surface area contributed by atoms with Crippen molar-refractivity contribution in [2.24, 2.45) is 0 Å². The third kappa shape index (κ3) is 4.55. The molecule has 1 saturated heterocycles. The third-order valence-electron chi connectivity index (χ3n) is 3.56. The van der Waals surface area contributed by atoms with Crippen LogP contribution < -0.4 is 10.2 Å². The quantitative estimate of drug-likeness (QED) is 0.772. The van der Waals surface area contributed by atoms with Crippen LogP contribution >= 0.6 is 23.1 Å². The molecule has 0 spiro atoms. The number of thiazole rings is 1. The zero-order valence-corrected chi connectivity index (χ0v) is 14.7. The van der Waals surface area contributed by atoms with Crippen LogP contribution in [-0.4, -0.2) is 29.1 Å². The number of halogens is 2. The average molecular weight is 383 g/mol. The molecule has 2 aromatic rings. The number of benzene rings is 1. The van der Waals surface area contributed by atoms with Crippen LogP contribution in [0.3, 0.4) is 0 Å². The van der Waals surface area contributed by atoms with Crippen molar-refractivity contribution in [2.75, 3.05) is 16.8 Å². The van der Waals surface area contributed by atoms with Gasteiger partial charge in [0.15, 0.2) is 5.13 Å². The van der Waals surface area contributed by atoms with Gasteiger partial charge in [0.05, 0.1) is 17.8 Å². The van der Waals surface area contributed by atoms with E-state index in [2.05, 4.69) is 10.3 Å². The van der Waals surface area contributed by atoms with Crippen LogP contribution in [-0.2, 0) is 16.0 Å². The first-order chi connectivity index (χ1) is 12.0. The Morgan fingerprint density at radius 3 is 2.92 bits per heavy atom. The van der Waals surface area contributed by atoms with Crippen molar-refractivity contribution in [1.82, 2.24) is 4.98 Å². The molecule has 9 heteroatoms. The minimum atomic E-state index is -2.56. The summed E-state index contributed by atoms with van der Waals surface area (Å²) in [5, 5.41) is 4.98. The molecule has 1 aromatic heterocycles. The van der Waals surface area contributed by atoms with E-state index in [0.29, 0.717) is 46.1 Å². The molecular weight excluding hydrogens is 368 g/mol. The maximum atomic E-state index is 12.6. The van der Waals surface area contributed by atoms with E-state index in [1.165, 1.54) is 17.4 Å². The van der Waals surface area contributed by atoms with Gasteiger partial charge in [-0.15, -0.1) is 11.3 Å². The molecule has 1 aliphatic rings. The van der Waals surface area contributed by atoms with Gasteiger partial charge in [0.1, 0.15) is 0 Å². The zero-order chi connectivity index (χ0) is 17.8. The molecule has 2 heterocycles. The van der Waals surface area contributed by atoms with Gasteiger partial charge in [-0.3, -0.25) is 14.5 Å². The van der Waals surface area contributed by atoms with Crippen LogP contribution in [0.4, 0.5) is 19.6 Å². The summed E-state index contributed by atoms with van der Waals surface area (Å²) in [6, 6.07) is 6.43. The Hall–Kier alpha value is -2.00.